The van der Waals surface area contributed by atoms with E-state index in [4.69, 9.17) is 16.3 Å². The first kappa shape index (κ1) is 31.3. The van der Waals surface area contributed by atoms with E-state index in [0.717, 1.165) is 10.5 Å². The number of thiazole rings is 1. The Labute approximate surface area is 244 Å². The number of hydrogen-bond donors (Lipinski definition) is 1. The Kier molecular flexibility index (Phi) is 11.3. The van der Waals surface area contributed by atoms with Gasteiger partial charge in [0.2, 0.25) is 5.88 Å². The van der Waals surface area contributed by atoms with Crippen molar-refractivity contribution in [3.63, 3.8) is 0 Å². The van der Waals surface area contributed by atoms with Crippen LogP contribution in [-0.4, -0.2) is 60.7 Å². The third-order valence-corrected chi connectivity index (χ3v) is 6.14. The number of anilines is 1. The first-order chi connectivity index (χ1) is 17.5. The third-order valence-electron chi connectivity index (χ3n) is 4.85. The van der Waals surface area contributed by atoms with Gasteiger partial charge >= 0.3 is 12.4 Å². The molecular weight excluding hydrogens is 761 g/mol. The third kappa shape index (κ3) is 9.11. The summed E-state index contributed by atoms with van der Waals surface area (Å²) >= 11 is 4.61. The molecular formula is C24H21BrF3N4O4SW-. The molecule has 0 aliphatic carbocycles. The number of ether oxygens (including phenoxy) is 2. The van der Waals surface area contributed by atoms with Gasteiger partial charge in [-0.05, 0) is 42.3 Å². The van der Waals surface area contributed by atoms with Gasteiger partial charge in [0.25, 0.3) is 0 Å². The number of hydrogen-bond acceptors (Lipinski definition) is 6. The number of halogens is 4. The minimum Gasteiger partial charge on any atom is -0.679 e. The Morgan fingerprint density at radius 2 is 1.87 bits per heavy atom. The molecule has 0 radical (unpaired) electrons. The van der Waals surface area contributed by atoms with Gasteiger partial charge < -0.3 is 24.8 Å². The monoisotopic (exact) mass is 781 g/mol. The van der Waals surface area contributed by atoms with Crippen LogP contribution in [0.25, 0.3) is 5.32 Å². The maximum atomic E-state index is 12.6. The van der Waals surface area contributed by atoms with E-state index in [1.807, 2.05) is 12.1 Å². The van der Waals surface area contributed by atoms with Crippen molar-refractivity contribution in [2.45, 2.75) is 12.4 Å². The number of alkyl halides is 3. The fourth-order valence-corrected chi connectivity index (χ4v) is 4.10. The number of aromatic nitrogens is 1. The molecule has 1 aromatic heterocycles. The van der Waals surface area contributed by atoms with Crippen LogP contribution in [0.1, 0.15) is 5.01 Å². The number of carbonyl (C=O) groups excluding carboxylic acids is 1. The van der Waals surface area contributed by atoms with Crippen molar-refractivity contribution in [1.29, 1.82) is 0 Å². The van der Waals surface area contributed by atoms with Crippen LogP contribution in [0.4, 0.5) is 29.3 Å². The zero-order valence-electron chi connectivity index (χ0n) is 20.0. The maximum absolute atomic E-state index is 12.6. The molecule has 1 aliphatic rings. The van der Waals surface area contributed by atoms with Crippen molar-refractivity contribution in [3.05, 3.63) is 62.6 Å². The first-order valence-electron chi connectivity index (χ1n) is 10.5. The molecule has 2 aromatic carbocycles. The molecule has 4 rings (SSSR count). The minimum atomic E-state index is -4.82. The standard InChI is InChI=1S/C19H18BrF3N3O3.C5H3NOS.W/c1-25-10-14(11-26(18(25)27)15-5-3-12(20)4-6-15)24-13-7-16(28-2)9-17(8-13)29-19(21,22)23;1-2-5-6-4(7)3-8-5;/h3-9,14H,10-11H2,1-2H3;1,3,7H;/q-1;;. The molecule has 0 bridgehead atoms. The summed E-state index contributed by atoms with van der Waals surface area (Å²) in [4.78, 5) is 19.2. The number of methoxy groups -OCH3 is 1. The second-order valence-electron chi connectivity index (χ2n) is 7.60. The topological polar surface area (TPSA) is 89.2 Å². The number of terminal acetylenes is 1. The number of amides is 2. The molecule has 0 spiro atoms. The predicted molar refractivity (Wildman–Crippen MR) is 138 cm³/mol. The molecule has 38 heavy (non-hydrogen) atoms. The van der Waals surface area contributed by atoms with E-state index in [0.29, 0.717) is 17.2 Å². The Morgan fingerprint density at radius 1 is 1.21 bits per heavy atom. The van der Waals surface area contributed by atoms with E-state index < -0.39 is 12.1 Å². The molecule has 202 valence electrons. The van der Waals surface area contributed by atoms with Gasteiger partial charge in [0, 0.05) is 57.4 Å². The number of likely N-dealkylation sites (N-methyl/N-ethyl adjacent to an activating group) is 1. The Morgan fingerprint density at radius 3 is 2.39 bits per heavy atom. The predicted octanol–water partition coefficient (Wildman–Crippen LogP) is 6.13. The Hall–Kier alpha value is -2.94. The van der Waals surface area contributed by atoms with Gasteiger partial charge in [-0.1, -0.05) is 22.0 Å². The van der Waals surface area contributed by atoms with Crippen molar-refractivity contribution in [2.24, 2.45) is 0 Å². The zero-order valence-corrected chi connectivity index (χ0v) is 25.3. The van der Waals surface area contributed by atoms with Gasteiger partial charge in [-0.15, -0.1) is 36.6 Å². The summed E-state index contributed by atoms with van der Waals surface area (Å²) in [6.07, 6.45) is 0.130. The summed E-state index contributed by atoms with van der Waals surface area (Å²) in [5, 5.41) is 15.1. The molecule has 1 aliphatic heterocycles. The number of benzene rings is 2. The molecule has 14 heteroatoms. The summed E-state index contributed by atoms with van der Waals surface area (Å²) < 4.78 is 47.7. The van der Waals surface area contributed by atoms with E-state index in [2.05, 4.69) is 36.9 Å². The normalized spacial score (nSPS) is 15.0. The molecule has 8 nitrogen and oxygen atoms in total. The van der Waals surface area contributed by atoms with Crippen molar-refractivity contribution in [2.75, 3.05) is 32.1 Å². The van der Waals surface area contributed by atoms with Crippen LogP contribution < -0.4 is 14.4 Å². The smallest absolute Gasteiger partial charge is 0.573 e. The summed E-state index contributed by atoms with van der Waals surface area (Å²) in [7, 11) is 3.00. The van der Waals surface area contributed by atoms with Crippen LogP contribution in [0.3, 0.4) is 0 Å². The minimum absolute atomic E-state index is 0. The van der Waals surface area contributed by atoms with Gasteiger partial charge in [-0.2, -0.15) is 4.98 Å². The van der Waals surface area contributed by atoms with Crippen LogP contribution in [0.5, 0.6) is 17.4 Å². The first-order valence-corrected chi connectivity index (χ1v) is 12.2. The average Bonchev–Trinajstić information content (AvgIpc) is 3.26. The van der Waals surface area contributed by atoms with Crippen LogP contribution in [-0.2, 0) is 21.1 Å². The number of rotatable bonds is 5. The SMILES string of the molecule is C#Cc1nc(O)cs1.COc1cc([N-]C2CN(C)C(=O)N(c3ccc(Br)cc3)C2)cc(OC(F)(F)F)c1.[W]. The molecule has 0 saturated carbocycles. The van der Waals surface area contributed by atoms with E-state index in [1.165, 1.54) is 40.9 Å². The molecule has 3 aromatic rings. The average molecular weight is 782 g/mol. The summed E-state index contributed by atoms with van der Waals surface area (Å²) in [5.74, 6) is 2.07. The van der Waals surface area contributed by atoms with Crippen LogP contribution in [0, 0.1) is 12.3 Å². The summed E-state index contributed by atoms with van der Waals surface area (Å²) in [5.41, 5.74) is 0.976. The second kappa shape index (κ2) is 13.7. The zero-order chi connectivity index (χ0) is 27.2. The van der Waals surface area contributed by atoms with E-state index >= 15 is 0 Å². The molecule has 1 atom stereocenters. The van der Waals surface area contributed by atoms with Crippen molar-refractivity contribution < 1.29 is 53.6 Å². The number of urea groups is 1. The number of aromatic hydroxyl groups is 1. The quantitative estimate of drug-likeness (QED) is 0.315. The molecule has 1 fully saturated rings. The fourth-order valence-electron chi connectivity index (χ4n) is 3.35. The second-order valence-corrected chi connectivity index (χ2v) is 9.38. The van der Waals surface area contributed by atoms with Gasteiger partial charge in [-0.25, -0.2) is 4.79 Å². The molecule has 1 N–H and O–H groups in total. The van der Waals surface area contributed by atoms with Gasteiger partial charge in [0.15, 0.2) is 5.01 Å². The van der Waals surface area contributed by atoms with Crippen molar-refractivity contribution >= 4 is 44.7 Å². The molecule has 2 heterocycles. The Bertz CT molecular complexity index is 1270. The Balaban J connectivity index is 0.000000482. The van der Waals surface area contributed by atoms with Crippen LogP contribution in [0.2, 0.25) is 0 Å². The van der Waals surface area contributed by atoms with E-state index in [1.54, 1.807) is 24.1 Å². The maximum Gasteiger partial charge on any atom is 0.573 e. The van der Waals surface area contributed by atoms with Gasteiger partial charge in [0.1, 0.15) is 11.5 Å². The van der Waals surface area contributed by atoms with Crippen molar-refractivity contribution in [1.82, 2.24) is 9.88 Å². The summed E-state index contributed by atoms with van der Waals surface area (Å²) in [6, 6.07) is 10.6. The molecule has 1 saturated heterocycles. The van der Waals surface area contributed by atoms with Gasteiger partial charge in [0.05, 0.1) is 12.5 Å². The van der Waals surface area contributed by atoms with Crippen molar-refractivity contribution in [3.8, 4) is 29.7 Å². The molecule has 1 unspecified atom stereocenters. The van der Waals surface area contributed by atoms with Gasteiger partial charge in [-0.3, -0.25) is 4.90 Å². The summed E-state index contributed by atoms with van der Waals surface area (Å²) in [6.45, 7) is 0.621. The number of carbonyl (C=O) groups is 1. The van der Waals surface area contributed by atoms with E-state index in [-0.39, 0.29) is 57.0 Å². The number of nitrogens with zero attached hydrogens (tertiary/aromatic N) is 4. The molecule has 2 amide bonds. The van der Waals surface area contributed by atoms with E-state index in [9.17, 15) is 18.0 Å². The van der Waals surface area contributed by atoms with Crippen LogP contribution >= 0.6 is 27.3 Å². The largest absolute Gasteiger partial charge is 0.679 e. The fraction of sp³-hybridized carbons (Fsp3) is 0.250. The van der Waals surface area contributed by atoms with Crippen LogP contribution in [0.15, 0.2) is 52.3 Å².